The van der Waals surface area contributed by atoms with E-state index in [1.165, 1.54) is 18.0 Å². The molecule has 0 saturated carbocycles. The van der Waals surface area contributed by atoms with E-state index >= 15 is 0 Å². The highest BCUT2D eigenvalue weighted by Crippen LogP contribution is 2.28. The number of halogens is 2. The molecule has 28 heavy (non-hydrogen) atoms. The number of carbonyl (C=O) groups is 1. The first-order valence-electron chi connectivity index (χ1n) is 8.96. The van der Waals surface area contributed by atoms with Gasteiger partial charge in [0.05, 0.1) is 23.5 Å². The van der Waals surface area contributed by atoms with Crippen LogP contribution in [0.25, 0.3) is 5.69 Å². The second-order valence-electron chi connectivity index (χ2n) is 6.39. The summed E-state index contributed by atoms with van der Waals surface area (Å²) in [6.45, 7) is 0.245. The van der Waals surface area contributed by atoms with Gasteiger partial charge in [-0.15, -0.1) is 0 Å². The zero-order valence-corrected chi connectivity index (χ0v) is 15.8. The third-order valence-corrected chi connectivity index (χ3v) is 5.37. The number of fused-ring (bicyclic) bond motifs is 1. The van der Waals surface area contributed by atoms with Crippen LogP contribution < -0.4 is 5.32 Å². The van der Waals surface area contributed by atoms with E-state index in [0.717, 1.165) is 36.2 Å². The molecule has 0 radical (unpaired) electrons. The number of benzene rings is 1. The van der Waals surface area contributed by atoms with Crippen molar-refractivity contribution in [2.75, 3.05) is 0 Å². The quantitative estimate of drug-likeness (QED) is 0.636. The summed E-state index contributed by atoms with van der Waals surface area (Å²) in [6.07, 6.45) is 4.32. The first-order chi connectivity index (χ1) is 13.6. The molecule has 0 bridgehead atoms. The van der Waals surface area contributed by atoms with E-state index in [9.17, 15) is 13.6 Å². The van der Waals surface area contributed by atoms with Crippen LogP contribution in [0.2, 0.25) is 0 Å². The van der Waals surface area contributed by atoms with Gasteiger partial charge in [0.15, 0.2) is 0 Å². The Labute approximate surface area is 165 Å². The molecule has 0 fully saturated rings. The number of para-hydroxylation sites is 1. The van der Waals surface area contributed by atoms with Crippen LogP contribution in [0.5, 0.6) is 0 Å². The van der Waals surface area contributed by atoms with Crippen molar-refractivity contribution in [1.29, 1.82) is 0 Å². The maximum atomic E-state index is 12.7. The van der Waals surface area contributed by atoms with Crippen LogP contribution in [0.4, 0.5) is 8.78 Å². The van der Waals surface area contributed by atoms with Gasteiger partial charge in [-0.25, -0.2) is 9.67 Å². The lowest BCUT2D eigenvalue weighted by molar-refractivity contribution is 0.0946. The fourth-order valence-electron chi connectivity index (χ4n) is 3.44. The number of pyridine rings is 1. The summed E-state index contributed by atoms with van der Waals surface area (Å²) in [4.78, 5) is 16.5. The topological polar surface area (TPSA) is 59.8 Å². The van der Waals surface area contributed by atoms with E-state index in [4.69, 9.17) is 5.10 Å². The Morgan fingerprint density at radius 3 is 2.79 bits per heavy atom. The van der Waals surface area contributed by atoms with Crippen LogP contribution in [0, 0.1) is 0 Å². The highest BCUT2D eigenvalue weighted by atomic mass is 32.2. The predicted octanol–water partition coefficient (Wildman–Crippen LogP) is 4.00. The minimum Gasteiger partial charge on any atom is -0.346 e. The average molecular weight is 400 g/mol. The number of alkyl halides is 2. The Morgan fingerprint density at radius 2 is 2.00 bits per heavy atom. The molecule has 144 valence electrons. The lowest BCUT2D eigenvalue weighted by Gasteiger charge is -2.08. The van der Waals surface area contributed by atoms with Crippen molar-refractivity contribution in [2.45, 2.75) is 36.6 Å². The third kappa shape index (κ3) is 3.77. The fourth-order valence-corrected chi connectivity index (χ4v) is 4.02. The number of aromatic nitrogens is 3. The van der Waals surface area contributed by atoms with Crippen LogP contribution in [-0.2, 0) is 19.4 Å². The summed E-state index contributed by atoms with van der Waals surface area (Å²) >= 11 is 0.272. The Bertz CT molecular complexity index is 991. The minimum absolute atomic E-state index is 0.0232. The highest BCUT2D eigenvalue weighted by molar-refractivity contribution is 7.99. The summed E-state index contributed by atoms with van der Waals surface area (Å²) in [5, 5.41) is 7.53. The molecule has 2 aromatic heterocycles. The number of carbonyl (C=O) groups excluding carboxylic acids is 1. The summed E-state index contributed by atoms with van der Waals surface area (Å²) in [7, 11) is 0. The van der Waals surface area contributed by atoms with E-state index in [1.807, 2.05) is 35.0 Å². The zero-order chi connectivity index (χ0) is 19.5. The fraction of sp³-hybridized carbons (Fsp3) is 0.250. The Balaban J connectivity index is 1.54. The molecule has 1 aliphatic rings. The van der Waals surface area contributed by atoms with Gasteiger partial charge in [0.25, 0.3) is 11.7 Å². The largest absolute Gasteiger partial charge is 0.346 e. The first-order valence-corrected chi connectivity index (χ1v) is 9.84. The molecule has 4 rings (SSSR count). The molecular weight excluding hydrogens is 382 g/mol. The number of rotatable bonds is 6. The van der Waals surface area contributed by atoms with E-state index in [0.29, 0.717) is 0 Å². The van der Waals surface area contributed by atoms with Gasteiger partial charge in [-0.05, 0) is 60.9 Å². The molecule has 8 heteroatoms. The number of nitrogens with zero attached hydrogens (tertiary/aromatic N) is 3. The second-order valence-corrected chi connectivity index (χ2v) is 7.37. The Morgan fingerprint density at radius 1 is 1.18 bits per heavy atom. The van der Waals surface area contributed by atoms with Crippen LogP contribution in [-0.4, -0.2) is 26.4 Å². The van der Waals surface area contributed by atoms with Gasteiger partial charge in [-0.1, -0.05) is 18.2 Å². The molecule has 1 amide bonds. The molecule has 0 atom stereocenters. The number of nitrogens with one attached hydrogen (secondary N) is 1. The summed E-state index contributed by atoms with van der Waals surface area (Å²) < 4.78 is 27.4. The highest BCUT2D eigenvalue weighted by Gasteiger charge is 2.24. The lowest BCUT2D eigenvalue weighted by Crippen LogP contribution is -2.24. The molecule has 2 heterocycles. The lowest BCUT2D eigenvalue weighted by atomic mass is 10.2. The standard InChI is InChI=1S/C20H18F2N4OS/c21-20(22)28-19-15(9-5-11-23-19)18(27)24-12-16-14-8-4-10-17(14)26(25-16)13-6-2-1-3-7-13/h1-3,5-7,9,11,20H,4,8,10,12H2,(H,24,27). The first kappa shape index (κ1) is 18.6. The number of amides is 1. The van der Waals surface area contributed by atoms with Crippen molar-refractivity contribution < 1.29 is 13.6 Å². The van der Waals surface area contributed by atoms with Gasteiger partial charge < -0.3 is 5.32 Å². The van der Waals surface area contributed by atoms with Crippen molar-refractivity contribution >= 4 is 17.7 Å². The van der Waals surface area contributed by atoms with Crippen LogP contribution in [0.15, 0.2) is 53.7 Å². The van der Waals surface area contributed by atoms with E-state index in [2.05, 4.69) is 10.3 Å². The minimum atomic E-state index is -2.63. The van der Waals surface area contributed by atoms with Crippen molar-refractivity contribution in [1.82, 2.24) is 20.1 Å². The molecular formula is C20H18F2N4OS. The van der Waals surface area contributed by atoms with E-state index in [-0.39, 0.29) is 28.9 Å². The number of thioether (sulfide) groups is 1. The summed E-state index contributed by atoms with van der Waals surface area (Å²) in [6, 6.07) is 12.9. The monoisotopic (exact) mass is 400 g/mol. The maximum absolute atomic E-state index is 12.7. The SMILES string of the molecule is O=C(NCc1nn(-c2ccccc2)c2c1CCC2)c1cccnc1SC(F)F. The second kappa shape index (κ2) is 8.10. The van der Waals surface area contributed by atoms with Gasteiger partial charge in [-0.2, -0.15) is 13.9 Å². The smallest absolute Gasteiger partial charge is 0.290 e. The van der Waals surface area contributed by atoms with E-state index in [1.54, 1.807) is 6.07 Å². The van der Waals surface area contributed by atoms with Gasteiger partial charge in [0, 0.05) is 11.9 Å². The molecule has 0 saturated heterocycles. The maximum Gasteiger partial charge on any atom is 0.290 e. The Hall–Kier alpha value is -2.74. The van der Waals surface area contributed by atoms with Crippen molar-refractivity contribution in [3.63, 3.8) is 0 Å². The van der Waals surface area contributed by atoms with Gasteiger partial charge in [0.1, 0.15) is 5.03 Å². The molecule has 0 aliphatic heterocycles. The normalized spacial score (nSPS) is 13.0. The number of hydrogen-bond acceptors (Lipinski definition) is 4. The third-order valence-electron chi connectivity index (χ3n) is 4.65. The van der Waals surface area contributed by atoms with Crippen molar-refractivity contribution in [3.8, 4) is 5.69 Å². The summed E-state index contributed by atoms with van der Waals surface area (Å²) in [5.41, 5.74) is 4.29. The predicted molar refractivity (Wildman–Crippen MR) is 103 cm³/mol. The van der Waals surface area contributed by atoms with Gasteiger partial charge in [-0.3, -0.25) is 4.79 Å². The molecule has 3 aromatic rings. The molecule has 1 aromatic carbocycles. The van der Waals surface area contributed by atoms with Crippen LogP contribution in [0.1, 0.15) is 33.7 Å². The van der Waals surface area contributed by atoms with Crippen LogP contribution in [0.3, 0.4) is 0 Å². The van der Waals surface area contributed by atoms with Gasteiger partial charge >= 0.3 is 0 Å². The molecule has 1 aliphatic carbocycles. The summed E-state index contributed by atoms with van der Waals surface area (Å²) in [5.74, 6) is -3.07. The molecule has 5 nitrogen and oxygen atoms in total. The molecule has 0 spiro atoms. The van der Waals surface area contributed by atoms with Gasteiger partial charge in [0.2, 0.25) is 0 Å². The average Bonchev–Trinajstić information content (AvgIpc) is 3.30. The Kier molecular flexibility index (Phi) is 5.38. The molecule has 0 unspecified atom stereocenters. The molecule has 1 N–H and O–H groups in total. The van der Waals surface area contributed by atoms with E-state index < -0.39 is 11.7 Å². The van der Waals surface area contributed by atoms with Crippen molar-refractivity contribution in [3.05, 3.63) is 71.2 Å². The zero-order valence-electron chi connectivity index (χ0n) is 14.9. The number of hydrogen-bond donors (Lipinski definition) is 1. The van der Waals surface area contributed by atoms with Crippen LogP contribution >= 0.6 is 11.8 Å². The van der Waals surface area contributed by atoms with Crippen molar-refractivity contribution in [2.24, 2.45) is 0 Å².